The minimum atomic E-state index is -0.783. The van der Waals surface area contributed by atoms with Gasteiger partial charge in [-0.25, -0.2) is 18.7 Å². The van der Waals surface area contributed by atoms with Gasteiger partial charge < -0.3 is 24.8 Å². The number of ether oxygens (including phenoxy) is 1. The Morgan fingerprint density at radius 2 is 1.86 bits per heavy atom. The highest BCUT2D eigenvalue weighted by atomic mass is 127. The van der Waals surface area contributed by atoms with Crippen molar-refractivity contribution in [1.29, 1.82) is 0 Å². The van der Waals surface area contributed by atoms with Gasteiger partial charge in [-0.2, -0.15) is 0 Å². The number of carbonyl (C=O) groups is 2. The van der Waals surface area contributed by atoms with E-state index in [-0.39, 0.29) is 33.6 Å². The van der Waals surface area contributed by atoms with Gasteiger partial charge in [0, 0.05) is 42.0 Å². The number of carbonyl (C=O) groups excluding carboxylic acids is 2. The fourth-order valence-corrected chi connectivity index (χ4v) is 10.0. The lowest BCUT2D eigenvalue weighted by molar-refractivity contribution is -0.128. The van der Waals surface area contributed by atoms with Gasteiger partial charge in [-0.1, -0.05) is 34.7 Å². The van der Waals surface area contributed by atoms with Crippen LogP contribution in [0.4, 0.5) is 26.0 Å². The minimum Gasteiger partial charge on any atom is -0.378 e. The number of halogens is 3. The molecule has 2 aromatic carbocycles. The number of amides is 2. The van der Waals surface area contributed by atoms with E-state index in [2.05, 4.69) is 66.1 Å². The molecule has 2 atom stereocenters. The molecule has 2 amide bonds. The number of imidazole rings is 1. The molecule has 5 aliphatic rings. The van der Waals surface area contributed by atoms with Crippen LogP contribution in [0.25, 0.3) is 22.3 Å². The fourth-order valence-electron chi connectivity index (χ4n) is 9.61. The van der Waals surface area contributed by atoms with E-state index in [0.717, 1.165) is 81.8 Å². The second kappa shape index (κ2) is 14.9. The maximum Gasteiger partial charge on any atom is 0.251 e. The number of anilines is 3. The molecule has 9 rings (SSSR count). The van der Waals surface area contributed by atoms with E-state index in [9.17, 15) is 14.0 Å². The Bertz CT molecular complexity index is 2180. The van der Waals surface area contributed by atoms with E-state index in [4.69, 9.17) is 14.7 Å². The standard InChI is InChI=1S/C42H49F2IN8O3/c1-4-46-40(54)31-18-35(33(44)14-24(31)2)49-39-38-36(47-23-52(38)25(3)45)19-34(48-39)26-7-8-32-37(15-26)53(29-16-28(17-29)51-11-5-6-27(43)20-51)41(55)42(32)9-12-50(13-10-42)30-21-56-22-30/h7-8,14-15,18-19,23,25,27-30H,4-6,9-13,16-17,20-22H2,1-3H3,(H,46,54)(H,48,49)/t25?,27-,28?,29?/m1/s1. The van der Waals surface area contributed by atoms with Crippen LogP contribution in [0, 0.1) is 12.7 Å². The lowest BCUT2D eigenvalue weighted by Gasteiger charge is -2.49. The Morgan fingerprint density at radius 1 is 1.07 bits per heavy atom. The van der Waals surface area contributed by atoms with Crippen LogP contribution in [-0.4, -0.2) is 106 Å². The van der Waals surface area contributed by atoms with Crippen LogP contribution in [0.5, 0.6) is 0 Å². The molecule has 2 aromatic heterocycles. The third-order valence-corrected chi connectivity index (χ3v) is 13.5. The monoisotopic (exact) mass is 878 g/mol. The highest BCUT2D eigenvalue weighted by Gasteiger charge is 2.56. The van der Waals surface area contributed by atoms with Gasteiger partial charge in [0.05, 0.1) is 51.9 Å². The van der Waals surface area contributed by atoms with Crippen molar-refractivity contribution >= 4 is 62.6 Å². The third-order valence-electron chi connectivity index (χ3n) is 12.9. The molecule has 1 saturated carbocycles. The van der Waals surface area contributed by atoms with Crippen LogP contribution < -0.4 is 15.5 Å². The van der Waals surface area contributed by atoms with Crippen molar-refractivity contribution in [2.24, 2.45) is 0 Å². The summed E-state index contributed by atoms with van der Waals surface area (Å²) in [6, 6.07) is 11.9. The van der Waals surface area contributed by atoms with E-state index in [0.29, 0.717) is 59.2 Å². The van der Waals surface area contributed by atoms with Crippen LogP contribution in [0.1, 0.15) is 77.9 Å². The first-order valence-electron chi connectivity index (χ1n) is 20.1. The number of hydrogen-bond donors (Lipinski definition) is 2. The molecular weight excluding hydrogens is 829 g/mol. The van der Waals surface area contributed by atoms with E-state index in [1.54, 1.807) is 13.3 Å². The number of benzene rings is 2. The van der Waals surface area contributed by atoms with Crippen LogP contribution in [-0.2, 0) is 14.9 Å². The number of likely N-dealkylation sites (tertiary alicyclic amines) is 2. The fraction of sp³-hybridized carbons (Fsp3) is 0.524. The van der Waals surface area contributed by atoms with Crippen LogP contribution in [0.2, 0.25) is 0 Å². The molecule has 1 spiro atoms. The smallest absolute Gasteiger partial charge is 0.251 e. The molecule has 1 unspecified atom stereocenters. The van der Waals surface area contributed by atoms with Gasteiger partial charge >= 0.3 is 0 Å². The Morgan fingerprint density at radius 3 is 2.55 bits per heavy atom. The predicted octanol–water partition coefficient (Wildman–Crippen LogP) is 7.04. The number of aromatic nitrogens is 3. The first-order chi connectivity index (χ1) is 27.0. The molecule has 296 valence electrons. The molecule has 0 radical (unpaired) electrons. The molecule has 56 heavy (non-hydrogen) atoms. The molecule has 4 aliphatic heterocycles. The first-order valence-corrected chi connectivity index (χ1v) is 21.3. The highest BCUT2D eigenvalue weighted by molar-refractivity contribution is 14.1. The molecule has 14 heteroatoms. The molecule has 4 aromatic rings. The Kier molecular flexibility index (Phi) is 10.1. The molecule has 4 fully saturated rings. The average molecular weight is 879 g/mol. The topological polar surface area (TPSA) is 108 Å². The SMILES string of the molecule is CCNC(=O)c1cc(Nc2nc(-c3ccc4c(c3)N(C3CC(N5CCC[C@@H](F)C5)C3)C(=O)C43CCN(C4COC4)CC3)cc3ncn(C(C)I)c23)c(F)cc1C. The van der Waals surface area contributed by atoms with Crippen LogP contribution >= 0.6 is 22.6 Å². The number of pyridine rings is 1. The summed E-state index contributed by atoms with van der Waals surface area (Å²) in [5, 5.41) is 6.06. The number of piperidine rings is 2. The number of alkyl halides is 2. The number of hydrogen-bond acceptors (Lipinski definition) is 8. The van der Waals surface area contributed by atoms with Crippen molar-refractivity contribution < 1.29 is 23.1 Å². The summed E-state index contributed by atoms with van der Waals surface area (Å²) in [6.45, 7) is 10.6. The Balaban J connectivity index is 1.09. The van der Waals surface area contributed by atoms with Crippen molar-refractivity contribution in [3.05, 3.63) is 65.2 Å². The maximum atomic E-state index is 15.6. The molecule has 6 heterocycles. The number of rotatable bonds is 9. The van der Waals surface area contributed by atoms with E-state index >= 15 is 4.39 Å². The molecule has 1 aliphatic carbocycles. The van der Waals surface area contributed by atoms with Crippen molar-refractivity contribution in [3.63, 3.8) is 0 Å². The van der Waals surface area contributed by atoms with Gasteiger partial charge in [-0.05, 0) is 114 Å². The Labute approximate surface area is 339 Å². The van der Waals surface area contributed by atoms with Crippen LogP contribution in [0.15, 0.2) is 42.7 Å². The minimum absolute atomic E-state index is 0.0191. The third kappa shape index (κ3) is 6.48. The van der Waals surface area contributed by atoms with Crippen molar-refractivity contribution in [1.82, 2.24) is 29.7 Å². The number of fused-ring (bicyclic) bond motifs is 3. The second-order valence-corrected chi connectivity index (χ2v) is 18.1. The zero-order chi connectivity index (χ0) is 38.9. The van der Waals surface area contributed by atoms with Crippen molar-refractivity contribution in [2.75, 3.05) is 56.2 Å². The first kappa shape index (κ1) is 37.8. The van der Waals surface area contributed by atoms with E-state index in [1.807, 2.05) is 24.5 Å². The van der Waals surface area contributed by atoms with Gasteiger partial charge in [0.1, 0.15) is 17.5 Å². The number of nitrogens with one attached hydrogen (secondary N) is 2. The number of aryl methyl sites for hydroxylation is 1. The zero-order valence-electron chi connectivity index (χ0n) is 32.2. The molecular formula is C42H49F2IN8O3. The summed E-state index contributed by atoms with van der Waals surface area (Å²) in [5.74, 6) is -0.181. The van der Waals surface area contributed by atoms with E-state index < -0.39 is 17.4 Å². The number of nitrogens with zero attached hydrogens (tertiary/aromatic N) is 6. The highest BCUT2D eigenvalue weighted by Crippen LogP contribution is 2.52. The van der Waals surface area contributed by atoms with Crippen LogP contribution in [0.3, 0.4) is 0 Å². The van der Waals surface area contributed by atoms with Gasteiger partial charge in [-0.15, -0.1) is 0 Å². The summed E-state index contributed by atoms with van der Waals surface area (Å²) >= 11 is 2.31. The second-order valence-electron chi connectivity index (χ2n) is 16.3. The van der Waals surface area contributed by atoms with Gasteiger partial charge in [0.15, 0.2) is 5.82 Å². The Hall–Kier alpha value is -3.73. The summed E-state index contributed by atoms with van der Waals surface area (Å²) < 4.78 is 37.5. The lowest BCUT2D eigenvalue weighted by atomic mass is 9.73. The van der Waals surface area contributed by atoms with Gasteiger partial charge in [0.25, 0.3) is 5.91 Å². The zero-order valence-corrected chi connectivity index (χ0v) is 34.3. The maximum absolute atomic E-state index is 15.6. The van der Waals surface area contributed by atoms with Gasteiger partial charge in [0.2, 0.25) is 5.91 Å². The molecule has 11 nitrogen and oxygen atoms in total. The summed E-state index contributed by atoms with van der Waals surface area (Å²) in [5.41, 5.74) is 5.31. The van der Waals surface area contributed by atoms with Gasteiger partial charge in [-0.3, -0.25) is 19.4 Å². The normalized spacial score (nSPS) is 24.6. The quantitative estimate of drug-likeness (QED) is 0.136. The van der Waals surface area contributed by atoms with Crippen molar-refractivity contribution in [3.8, 4) is 11.3 Å². The molecule has 2 N–H and O–H groups in total. The largest absolute Gasteiger partial charge is 0.378 e. The summed E-state index contributed by atoms with van der Waals surface area (Å²) in [6.07, 6.45) is 5.64. The lowest BCUT2D eigenvalue weighted by Crippen LogP contribution is -2.60. The summed E-state index contributed by atoms with van der Waals surface area (Å²) in [7, 11) is 0. The van der Waals surface area contributed by atoms with E-state index in [1.165, 1.54) is 12.1 Å². The van der Waals surface area contributed by atoms with Crippen molar-refractivity contribution in [2.45, 2.75) is 93.1 Å². The predicted molar refractivity (Wildman–Crippen MR) is 221 cm³/mol. The summed E-state index contributed by atoms with van der Waals surface area (Å²) in [4.78, 5) is 44.5. The molecule has 3 saturated heterocycles. The molecule has 0 bridgehead atoms. The average Bonchev–Trinajstić information content (AvgIpc) is 3.67.